The molecule has 0 N–H and O–H groups in total. The Hall–Kier alpha value is -1.30. The van der Waals surface area contributed by atoms with Gasteiger partial charge in [-0.1, -0.05) is 24.3 Å². The van der Waals surface area contributed by atoms with Crippen LogP contribution in [0.2, 0.25) is 0 Å². The number of ether oxygens (including phenoxy) is 1. The highest BCUT2D eigenvalue weighted by atomic mass is 35.7. The highest BCUT2D eigenvalue weighted by molar-refractivity contribution is 8.14. The first kappa shape index (κ1) is 16.1. The van der Waals surface area contributed by atoms with Crippen molar-refractivity contribution in [2.75, 3.05) is 27.2 Å². The third-order valence-electron chi connectivity index (χ3n) is 3.11. The molecular weight excluding hydrogens is 310 g/mol. The first-order chi connectivity index (χ1) is 9.89. The van der Waals surface area contributed by atoms with Crippen molar-refractivity contribution in [3.63, 3.8) is 0 Å². The lowest BCUT2D eigenvalue weighted by molar-refractivity contribution is 0.284. The summed E-state index contributed by atoms with van der Waals surface area (Å²) < 4.78 is 29.0. The summed E-state index contributed by atoms with van der Waals surface area (Å²) in [5, 5.41) is 1.33. The average Bonchev–Trinajstić information content (AvgIpc) is 2.42. The van der Waals surface area contributed by atoms with E-state index in [0.717, 1.165) is 18.4 Å². The Bertz CT molecular complexity index is 729. The molecule has 0 aliphatic rings. The predicted molar refractivity (Wildman–Crippen MR) is 85.7 cm³/mol. The fraction of sp³-hybridized carbons (Fsp3) is 0.333. The third kappa shape index (κ3) is 4.09. The number of halogens is 1. The van der Waals surface area contributed by atoms with Crippen molar-refractivity contribution in [3.8, 4) is 5.75 Å². The van der Waals surface area contributed by atoms with Crippen LogP contribution in [0.3, 0.4) is 0 Å². The topological polar surface area (TPSA) is 46.6 Å². The molecule has 2 aromatic carbocycles. The Balaban J connectivity index is 2.31. The van der Waals surface area contributed by atoms with Gasteiger partial charge in [0, 0.05) is 28.0 Å². The molecule has 0 fully saturated rings. The van der Waals surface area contributed by atoms with Crippen LogP contribution in [0.15, 0.2) is 41.3 Å². The Morgan fingerprint density at radius 3 is 2.38 bits per heavy atom. The number of nitrogens with zero attached hydrogens (tertiary/aromatic N) is 1. The number of fused-ring (bicyclic) bond motifs is 1. The summed E-state index contributed by atoms with van der Waals surface area (Å²) in [5.41, 5.74) is 0. The lowest BCUT2D eigenvalue weighted by atomic mass is 10.1. The summed E-state index contributed by atoms with van der Waals surface area (Å²) in [7, 11) is 5.72. The van der Waals surface area contributed by atoms with E-state index in [1.807, 2.05) is 26.2 Å². The van der Waals surface area contributed by atoms with Crippen LogP contribution in [0.25, 0.3) is 10.8 Å². The van der Waals surface area contributed by atoms with Gasteiger partial charge in [-0.3, -0.25) is 0 Å². The Labute approximate surface area is 129 Å². The highest BCUT2D eigenvalue weighted by Gasteiger charge is 2.16. The van der Waals surface area contributed by atoms with Crippen LogP contribution in [0.4, 0.5) is 0 Å². The first-order valence-corrected chi connectivity index (χ1v) is 8.94. The second-order valence-corrected chi connectivity index (χ2v) is 7.58. The van der Waals surface area contributed by atoms with Crippen LogP contribution in [0.1, 0.15) is 6.42 Å². The number of hydrogen-bond acceptors (Lipinski definition) is 4. The van der Waals surface area contributed by atoms with E-state index in [2.05, 4.69) is 4.90 Å². The summed E-state index contributed by atoms with van der Waals surface area (Å²) >= 11 is 0. The maximum atomic E-state index is 11.6. The lowest BCUT2D eigenvalue weighted by Crippen LogP contribution is -2.15. The van der Waals surface area contributed by atoms with E-state index >= 15 is 0 Å². The monoisotopic (exact) mass is 327 g/mol. The minimum absolute atomic E-state index is 0.111. The van der Waals surface area contributed by atoms with E-state index in [1.165, 1.54) is 6.07 Å². The largest absolute Gasteiger partial charge is 0.493 e. The number of rotatable bonds is 6. The maximum Gasteiger partial charge on any atom is 0.261 e. The van der Waals surface area contributed by atoms with Crippen molar-refractivity contribution in [2.45, 2.75) is 11.3 Å². The van der Waals surface area contributed by atoms with Gasteiger partial charge >= 0.3 is 0 Å². The van der Waals surface area contributed by atoms with Gasteiger partial charge in [-0.2, -0.15) is 0 Å². The van der Waals surface area contributed by atoms with E-state index in [-0.39, 0.29) is 4.90 Å². The molecule has 0 aliphatic carbocycles. The molecule has 0 saturated heterocycles. The summed E-state index contributed by atoms with van der Waals surface area (Å²) in [4.78, 5) is 2.20. The van der Waals surface area contributed by atoms with Gasteiger partial charge in [-0.15, -0.1) is 0 Å². The van der Waals surface area contributed by atoms with Crippen LogP contribution in [-0.2, 0) is 9.05 Å². The van der Waals surface area contributed by atoms with E-state index < -0.39 is 9.05 Å². The van der Waals surface area contributed by atoms with Gasteiger partial charge in [0.2, 0.25) is 0 Å². The molecule has 6 heteroatoms. The average molecular weight is 328 g/mol. The summed E-state index contributed by atoms with van der Waals surface area (Å²) in [6.45, 7) is 1.52. The first-order valence-electron chi connectivity index (χ1n) is 6.63. The van der Waals surface area contributed by atoms with Crippen LogP contribution in [-0.4, -0.2) is 40.6 Å². The van der Waals surface area contributed by atoms with E-state index in [1.54, 1.807) is 18.2 Å². The summed E-state index contributed by atoms with van der Waals surface area (Å²) in [6.07, 6.45) is 0.900. The second kappa shape index (κ2) is 6.64. The zero-order chi connectivity index (χ0) is 15.5. The Morgan fingerprint density at radius 2 is 1.76 bits per heavy atom. The van der Waals surface area contributed by atoms with Crippen molar-refractivity contribution in [2.24, 2.45) is 0 Å². The van der Waals surface area contributed by atoms with E-state index in [4.69, 9.17) is 15.4 Å². The summed E-state index contributed by atoms with van der Waals surface area (Å²) in [5.74, 6) is 0.674. The molecule has 0 radical (unpaired) electrons. The van der Waals surface area contributed by atoms with E-state index in [0.29, 0.717) is 17.7 Å². The minimum Gasteiger partial charge on any atom is -0.493 e. The van der Waals surface area contributed by atoms with Crippen molar-refractivity contribution in [3.05, 3.63) is 36.4 Å². The third-order valence-corrected chi connectivity index (χ3v) is 4.49. The zero-order valence-electron chi connectivity index (χ0n) is 12.0. The molecule has 2 aromatic rings. The van der Waals surface area contributed by atoms with Gasteiger partial charge in [-0.25, -0.2) is 8.42 Å². The van der Waals surface area contributed by atoms with E-state index in [9.17, 15) is 8.42 Å². The molecule has 0 unspecified atom stereocenters. The molecule has 4 nitrogen and oxygen atoms in total. The standard InChI is InChI=1S/C15H18ClNO3S/c1-17(2)10-5-11-20-14-8-9-15(21(16,18)19)13-7-4-3-6-12(13)14/h3-4,6-9H,5,10-11H2,1-2H3. The molecule has 0 aliphatic heterocycles. The summed E-state index contributed by atoms with van der Waals surface area (Å²) in [6, 6.07) is 10.3. The quantitative estimate of drug-likeness (QED) is 0.604. The smallest absolute Gasteiger partial charge is 0.261 e. The van der Waals surface area contributed by atoms with Gasteiger partial charge in [0.25, 0.3) is 9.05 Å². The Morgan fingerprint density at radius 1 is 1.10 bits per heavy atom. The lowest BCUT2D eigenvalue weighted by Gasteiger charge is -2.13. The van der Waals surface area contributed by atoms with Crippen LogP contribution in [0.5, 0.6) is 5.75 Å². The van der Waals surface area contributed by atoms with Gasteiger partial charge in [0.05, 0.1) is 11.5 Å². The molecule has 0 aromatic heterocycles. The zero-order valence-corrected chi connectivity index (χ0v) is 13.6. The minimum atomic E-state index is -3.77. The molecular formula is C15H18ClNO3S. The number of hydrogen-bond donors (Lipinski definition) is 0. The van der Waals surface area contributed by atoms with Gasteiger partial charge < -0.3 is 9.64 Å². The molecule has 0 amide bonds. The second-order valence-electron chi connectivity index (χ2n) is 5.05. The molecule has 0 saturated carbocycles. The SMILES string of the molecule is CN(C)CCCOc1ccc(S(=O)(=O)Cl)c2ccccc12. The normalized spacial score (nSPS) is 12.0. The fourth-order valence-electron chi connectivity index (χ4n) is 2.15. The molecule has 2 rings (SSSR count). The van der Waals surface area contributed by atoms with Crippen molar-refractivity contribution in [1.82, 2.24) is 4.90 Å². The predicted octanol–water partition coefficient (Wildman–Crippen LogP) is 3.10. The van der Waals surface area contributed by atoms with Crippen molar-refractivity contribution < 1.29 is 13.2 Å². The van der Waals surface area contributed by atoms with Crippen molar-refractivity contribution in [1.29, 1.82) is 0 Å². The highest BCUT2D eigenvalue weighted by Crippen LogP contribution is 2.32. The Kier molecular flexibility index (Phi) is 5.08. The van der Waals surface area contributed by atoms with Gasteiger partial charge in [0.15, 0.2) is 0 Å². The molecule has 0 bridgehead atoms. The van der Waals surface area contributed by atoms with Crippen molar-refractivity contribution >= 4 is 30.5 Å². The molecule has 0 heterocycles. The molecule has 21 heavy (non-hydrogen) atoms. The van der Waals surface area contributed by atoms with Crippen LogP contribution < -0.4 is 4.74 Å². The molecule has 114 valence electrons. The maximum absolute atomic E-state index is 11.6. The van der Waals surface area contributed by atoms with Gasteiger partial charge in [-0.05, 0) is 32.6 Å². The van der Waals surface area contributed by atoms with Crippen LogP contribution in [0, 0.1) is 0 Å². The molecule has 0 spiro atoms. The fourth-order valence-corrected chi connectivity index (χ4v) is 3.22. The van der Waals surface area contributed by atoms with Gasteiger partial charge in [0.1, 0.15) is 5.75 Å². The van der Waals surface area contributed by atoms with Crippen LogP contribution >= 0.6 is 10.7 Å². The molecule has 0 atom stereocenters. The number of benzene rings is 2.